The maximum Gasteiger partial charge on any atom is 0.148 e. The van der Waals surface area contributed by atoms with Gasteiger partial charge in [0.15, 0.2) is 0 Å². The zero-order chi connectivity index (χ0) is 16.9. The first kappa shape index (κ1) is 16.3. The number of para-hydroxylation sites is 1. The fraction of sp³-hybridized carbons (Fsp3) is 0.316. The van der Waals surface area contributed by atoms with E-state index in [0.717, 1.165) is 30.1 Å². The molecule has 1 aliphatic heterocycles. The zero-order valence-electron chi connectivity index (χ0n) is 14.0. The van der Waals surface area contributed by atoms with Gasteiger partial charge in [-0.25, -0.2) is 4.39 Å². The third kappa shape index (κ3) is 3.35. The molecule has 0 saturated carbocycles. The predicted molar refractivity (Wildman–Crippen MR) is 94.6 cm³/mol. The van der Waals surface area contributed by atoms with Crippen molar-refractivity contribution in [2.45, 2.75) is 12.8 Å². The Morgan fingerprint density at radius 3 is 2.42 bits per heavy atom. The Bertz CT molecular complexity index is 740. The van der Waals surface area contributed by atoms with Gasteiger partial charge in [0, 0.05) is 30.9 Å². The lowest BCUT2D eigenvalue weighted by Gasteiger charge is -2.22. The molecule has 0 bridgehead atoms. The van der Waals surface area contributed by atoms with Crippen molar-refractivity contribution >= 4 is 17.6 Å². The van der Waals surface area contributed by atoms with Crippen LogP contribution >= 0.6 is 0 Å². The van der Waals surface area contributed by atoms with E-state index in [2.05, 4.69) is 9.89 Å². The van der Waals surface area contributed by atoms with E-state index in [-0.39, 0.29) is 5.82 Å². The van der Waals surface area contributed by atoms with Gasteiger partial charge in [0.25, 0.3) is 0 Å². The number of hydrogen-bond acceptors (Lipinski definition) is 4. The fourth-order valence-corrected chi connectivity index (χ4v) is 2.91. The third-order valence-corrected chi connectivity index (χ3v) is 4.17. The molecule has 1 aliphatic rings. The second-order valence-corrected chi connectivity index (χ2v) is 5.67. The van der Waals surface area contributed by atoms with E-state index in [9.17, 15) is 4.39 Å². The molecule has 0 aliphatic carbocycles. The number of nitrogens with zero attached hydrogens (tertiary/aromatic N) is 2. The highest BCUT2D eigenvalue weighted by Gasteiger charge is 2.19. The molecule has 0 N–H and O–H groups in total. The topological polar surface area (TPSA) is 34.1 Å². The van der Waals surface area contributed by atoms with Crippen LogP contribution in [-0.2, 0) is 0 Å². The maximum atomic E-state index is 13.7. The lowest BCUT2D eigenvalue weighted by molar-refractivity contribution is 0.402. The minimum absolute atomic E-state index is 0.294. The highest BCUT2D eigenvalue weighted by atomic mass is 19.1. The van der Waals surface area contributed by atoms with Crippen molar-refractivity contribution in [1.29, 1.82) is 0 Å². The van der Waals surface area contributed by atoms with E-state index in [1.54, 1.807) is 38.6 Å². The molecule has 0 atom stereocenters. The van der Waals surface area contributed by atoms with Gasteiger partial charge in [-0.05, 0) is 31.0 Å². The van der Waals surface area contributed by atoms with E-state index in [4.69, 9.17) is 9.47 Å². The number of methoxy groups -OCH3 is 2. The first-order chi connectivity index (χ1) is 11.7. The molecule has 5 heteroatoms. The van der Waals surface area contributed by atoms with Crippen LogP contribution < -0.4 is 14.4 Å². The standard InChI is InChI=1S/C19H21FN2O2/c1-23-18-12-17(22-9-5-6-10-22)19(24-2)11-14(18)13-21-16-8-4-3-7-15(16)20/h3-4,7-8,11-13H,5-6,9-10H2,1-2H3. The molecular formula is C19H21FN2O2. The van der Waals surface area contributed by atoms with Gasteiger partial charge in [-0.3, -0.25) is 4.99 Å². The lowest BCUT2D eigenvalue weighted by atomic mass is 10.1. The summed E-state index contributed by atoms with van der Waals surface area (Å²) >= 11 is 0. The Morgan fingerprint density at radius 2 is 1.75 bits per heavy atom. The number of anilines is 1. The van der Waals surface area contributed by atoms with Crippen LogP contribution in [0.3, 0.4) is 0 Å². The number of ether oxygens (including phenoxy) is 2. The average Bonchev–Trinajstić information content (AvgIpc) is 3.14. The van der Waals surface area contributed by atoms with Crippen LogP contribution in [-0.4, -0.2) is 33.5 Å². The Hall–Kier alpha value is -2.56. The molecule has 1 saturated heterocycles. The summed E-state index contributed by atoms with van der Waals surface area (Å²) in [4.78, 5) is 6.53. The number of hydrogen-bond donors (Lipinski definition) is 0. The van der Waals surface area contributed by atoms with Crippen LogP contribution in [0, 0.1) is 5.82 Å². The second kappa shape index (κ2) is 7.34. The van der Waals surface area contributed by atoms with Crippen molar-refractivity contribution in [3.63, 3.8) is 0 Å². The molecule has 0 aromatic heterocycles. The van der Waals surface area contributed by atoms with Crippen LogP contribution in [0.4, 0.5) is 15.8 Å². The smallest absolute Gasteiger partial charge is 0.148 e. The second-order valence-electron chi connectivity index (χ2n) is 5.67. The molecule has 2 aromatic carbocycles. The van der Waals surface area contributed by atoms with Gasteiger partial charge < -0.3 is 14.4 Å². The van der Waals surface area contributed by atoms with Crippen molar-refractivity contribution in [1.82, 2.24) is 0 Å². The normalized spacial score (nSPS) is 14.4. The minimum atomic E-state index is -0.353. The van der Waals surface area contributed by atoms with Gasteiger partial charge in [-0.15, -0.1) is 0 Å². The summed E-state index contributed by atoms with van der Waals surface area (Å²) in [6.45, 7) is 2.03. The van der Waals surface area contributed by atoms with Gasteiger partial charge in [0.2, 0.25) is 0 Å². The summed E-state index contributed by atoms with van der Waals surface area (Å²) in [5.74, 6) is 1.11. The van der Waals surface area contributed by atoms with Crippen molar-refractivity contribution in [2.24, 2.45) is 4.99 Å². The number of rotatable bonds is 5. The molecular weight excluding hydrogens is 307 g/mol. The summed E-state index contributed by atoms with van der Waals surface area (Å²) in [6.07, 6.45) is 3.97. The van der Waals surface area contributed by atoms with Crippen LogP contribution in [0.5, 0.6) is 11.5 Å². The number of benzene rings is 2. The Morgan fingerprint density at radius 1 is 1.04 bits per heavy atom. The summed E-state index contributed by atoms with van der Waals surface area (Å²) in [5.41, 5.74) is 2.07. The first-order valence-corrected chi connectivity index (χ1v) is 8.02. The highest BCUT2D eigenvalue weighted by molar-refractivity contribution is 5.88. The molecule has 2 aromatic rings. The van der Waals surface area contributed by atoms with Gasteiger partial charge in [0.05, 0.1) is 25.6 Å². The lowest BCUT2D eigenvalue weighted by Crippen LogP contribution is -2.18. The molecule has 24 heavy (non-hydrogen) atoms. The molecule has 1 fully saturated rings. The maximum absolute atomic E-state index is 13.7. The van der Waals surface area contributed by atoms with Crippen molar-refractivity contribution < 1.29 is 13.9 Å². The van der Waals surface area contributed by atoms with Crippen LogP contribution in [0.1, 0.15) is 18.4 Å². The number of halogens is 1. The summed E-state index contributed by atoms with van der Waals surface area (Å²) in [7, 11) is 3.27. The summed E-state index contributed by atoms with van der Waals surface area (Å²) in [5, 5.41) is 0. The highest BCUT2D eigenvalue weighted by Crippen LogP contribution is 2.36. The van der Waals surface area contributed by atoms with Gasteiger partial charge in [-0.1, -0.05) is 12.1 Å². The fourth-order valence-electron chi connectivity index (χ4n) is 2.91. The predicted octanol–water partition coefficient (Wildman–Crippen LogP) is 4.19. The van der Waals surface area contributed by atoms with E-state index in [1.165, 1.54) is 18.9 Å². The van der Waals surface area contributed by atoms with E-state index >= 15 is 0 Å². The molecule has 0 spiro atoms. The summed E-state index contributed by atoms with van der Waals surface area (Å²) < 4.78 is 24.7. The van der Waals surface area contributed by atoms with Crippen LogP contribution in [0.2, 0.25) is 0 Å². The van der Waals surface area contributed by atoms with Gasteiger partial charge in [-0.2, -0.15) is 0 Å². The molecule has 4 nitrogen and oxygen atoms in total. The molecule has 3 rings (SSSR count). The average molecular weight is 328 g/mol. The molecule has 0 unspecified atom stereocenters. The monoisotopic (exact) mass is 328 g/mol. The number of aliphatic imine (C=N–C) groups is 1. The van der Waals surface area contributed by atoms with E-state index in [1.807, 2.05) is 12.1 Å². The first-order valence-electron chi connectivity index (χ1n) is 8.02. The van der Waals surface area contributed by atoms with Crippen molar-refractivity contribution in [3.05, 3.63) is 47.8 Å². The van der Waals surface area contributed by atoms with Crippen molar-refractivity contribution in [2.75, 3.05) is 32.2 Å². The van der Waals surface area contributed by atoms with Gasteiger partial charge >= 0.3 is 0 Å². The van der Waals surface area contributed by atoms with Crippen molar-refractivity contribution in [3.8, 4) is 11.5 Å². The molecule has 126 valence electrons. The molecule has 0 radical (unpaired) electrons. The Balaban J connectivity index is 1.96. The van der Waals surface area contributed by atoms with Gasteiger partial charge in [0.1, 0.15) is 17.3 Å². The van der Waals surface area contributed by atoms with Crippen LogP contribution in [0.25, 0.3) is 0 Å². The quantitative estimate of drug-likeness (QED) is 0.772. The van der Waals surface area contributed by atoms with E-state index < -0.39 is 0 Å². The SMILES string of the molecule is COc1cc(N2CCCC2)c(OC)cc1C=Nc1ccccc1F. The molecule has 1 heterocycles. The van der Waals surface area contributed by atoms with Crippen LogP contribution in [0.15, 0.2) is 41.4 Å². The Kier molecular flexibility index (Phi) is 4.99. The Labute approximate surface area is 141 Å². The minimum Gasteiger partial charge on any atom is -0.496 e. The van der Waals surface area contributed by atoms with E-state index in [0.29, 0.717) is 11.4 Å². The summed E-state index contributed by atoms with van der Waals surface area (Å²) in [6, 6.07) is 10.3. The third-order valence-electron chi connectivity index (χ3n) is 4.17. The molecule has 0 amide bonds. The largest absolute Gasteiger partial charge is 0.496 e. The zero-order valence-corrected chi connectivity index (χ0v) is 14.0.